The van der Waals surface area contributed by atoms with Crippen molar-refractivity contribution in [3.8, 4) is 0 Å². The molecule has 1 aromatic rings. The van der Waals surface area contributed by atoms with Gasteiger partial charge in [0.25, 0.3) is 0 Å². The first-order valence-electron chi connectivity index (χ1n) is 3.18. The molecule has 0 unspecified atom stereocenters. The summed E-state index contributed by atoms with van der Waals surface area (Å²) in [7, 11) is 0. The van der Waals surface area contributed by atoms with Crippen molar-refractivity contribution in [2.24, 2.45) is 0 Å². The molecule has 0 N–H and O–H groups in total. The third kappa shape index (κ3) is 1.43. The predicted octanol–water partition coefficient (Wildman–Crippen LogP) is 1.11. The maximum absolute atomic E-state index is 9.96. The SMILES string of the molecule is Cc1oncc1CCC=O. The number of carbonyl (C=O) groups is 1. The zero-order valence-corrected chi connectivity index (χ0v) is 5.83. The minimum absolute atomic E-state index is 0.544. The Morgan fingerprint density at radius 1 is 1.80 bits per heavy atom. The lowest BCUT2D eigenvalue weighted by Gasteiger charge is -1.88. The second-order valence-corrected chi connectivity index (χ2v) is 2.11. The average Bonchev–Trinajstić information content (AvgIpc) is 2.31. The molecule has 1 rings (SSSR count). The van der Waals surface area contributed by atoms with Gasteiger partial charge < -0.3 is 9.32 Å². The number of hydrogen-bond donors (Lipinski definition) is 0. The second kappa shape index (κ2) is 3.15. The maximum Gasteiger partial charge on any atom is 0.136 e. The fraction of sp³-hybridized carbons (Fsp3) is 0.429. The van der Waals surface area contributed by atoms with Crippen molar-refractivity contribution in [1.82, 2.24) is 5.16 Å². The average molecular weight is 139 g/mol. The third-order valence-electron chi connectivity index (χ3n) is 1.38. The molecule has 10 heavy (non-hydrogen) atoms. The molecule has 0 saturated carbocycles. The Morgan fingerprint density at radius 2 is 2.60 bits per heavy atom. The van der Waals surface area contributed by atoms with Crippen LogP contribution in [-0.4, -0.2) is 11.4 Å². The van der Waals surface area contributed by atoms with Gasteiger partial charge in [-0.2, -0.15) is 0 Å². The summed E-state index contributed by atoms with van der Waals surface area (Å²) in [5.41, 5.74) is 1.02. The first-order chi connectivity index (χ1) is 4.84. The van der Waals surface area contributed by atoms with Gasteiger partial charge in [0, 0.05) is 12.0 Å². The Kier molecular flexibility index (Phi) is 2.20. The van der Waals surface area contributed by atoms with E-state index in [0.29, 0.717) is 6.42 Å². The normalized spacial score (nSPS) is 9.70. The summed E-state index contributed by atoms with van der Waals surface area (Å²) in [5.74, 6) is 0.807. The summed E-state index contributed by atoms with van der Waals surface area (Å²) >= 11 is 0. The number of carbonyl (C=O) groups excluding carboxylic acids is 1. The van der Waals surface area contributed by atoms with Gasteiger partial charge in [0.1, 0.15) is 12.0 Å². The highest BCUT2D eigenvalue weighted by Crippen LogP contribution is 2.06. The van der Waals surface area contributed by atoms with Crippen LogP contribution in [0.15, 0.2) is 10.7 Å². The summed E-state index contributed by atoms with van der Waals surface area (Å²) < 4.78 is 4.80. The molecule has 0 atom stereocenters. The Balaban J connectivity index is 2.56. The van der Waals surface area contributed by atoms with Gasteiger partial charge in [-0.3, -0.25) is 0 Å². The molecule has 0 amide bonds. The fourth-order valence-electron chi connectivity index (χ4n) is 0.774. The van der Waals surface area contributed by atoms with E-state index in [1.807, 2.05) is 6.92 Å². The van der Waals surface area contributed by atoms with Gasteiger partial charge in [-0.05, 0) is 13.3 Å². The molecule has 3 heteroatoms. The van der Waals surface area contributed by atoms with E-state index in [0.717, 1.165) is 24.0 Å². The van der Waals surface area contributed by atoms with E-state index in [9.17, 15) is 4.79 Å². The molecule has 0 saturated heterocycles. The number of nitrogens with zero attached hydrogens (tertiary/aromatic N) is 1. The van der Waals surface area contributed by atoms with Gasteiger partial charge in [0.05, 0.1) is 6.20 Å². The summed E-state index contributed by atoms with van der Waals surface area (Å²) in [4.78, 5) is 9.96. The van der Waals surface area contributed by atoms with E-state index < -0.39 is 0 Å². The van der Waals surface area contributed by atoms with Crippen molar-refractivity contribution in [3.63, 3.8) is 0 Å². The molecule has 1 heterocycles. The molecule has 0 spiro atoms. The molecule has 0 aliphatic carbocycles. The molecule has 1 aromatic heterocycles. The minimum Gasteiger partial charge on any atom is -0.361 e. The van der Waals surface area contributed by atoms with E-state index >= 15 is 0 Å². The standard InChI is InChI=1S/C7H9NO2/c1-6-7(3-2-4-9)5-8-10-6/h4-5H,2-3H2,1H3. The molecular weight excluding hydrogens is 130 g/mol. The van der Waals surface area contributed by atoms with Crippen molar-refractivity contribution in [1.29, 1.82) is 0 Å². The van der Waals surface area contributed by atoms with Crippen LogP contribution >= 0.6 is 0 Å². The number of hydrogen-bond acceptors (Lipinski definition) is 3. The molecule has 0 fully saturated rings. The predicted molar refractivity (Wildman–Crippen MR) is 35.6 cm³/mol. The topological polar surface area (TPSA) is 43.1 Å². The van der Waals surface area contributed by atoms with Crippen LogP contribution in [0.1, 0.15) is 17.7 Å². The lowest BCUT2D eigenvalue weighted by Crippen LogP contribution is -1.84. The Labute approximate surface area is 59.0 Å². The van der Waals surface area contributed by atoms with Gasteiger partial charge in [-0.1, -0.05) is 5.16 Å². The van der Waals surface area contributed by atoms with Crippen LogP contribution in [0.4, 0.5) is 0 Å². The molecule has 3 nitrogen and oxygen atoms in total. The first kappa shape index (κ1) is 6.99. The third-order valence-corrected chi connectivity index (χ3v) is 1.38. The zero-order chi connectivity index (χ0) is 7.40. The second-order valence-electron chi connectivity index (χ2n) is 2.11. The van der Waals surface area contributed by atoms with Crippen LogP contribution in [0.2, 0.25) is 0 Å². The molecule has 0 radical (unpaired) electrons. The minimum atomic E-state index is 0.544. The van der Waals surface area contributed by atoms with Crippen molar-refractivity contribution in [2.45, 2.75) is 19.8 Å². The lowest BCUT2D eigenvalue weighted by molar-refractivity contribution is -0.107. The van der Waals surface area contributed by atoms with Crippen LogP contribution in [0, 0.1) is 6.92 Å². The fourth-order valence-corrected chi connectivity index (χ4v) is 0.774. The highest BCUT2D eigenvalue weighted by atomic mass is 16.5. The monoisotopic (exact) mass is 139 g/mol. The maximum atomic E-state index is 9.96. The van der Waals surface area contributed by atoms with Crippen molar-refractivity contribution in [2.75, 3.05) is 0 Å². The number of aromatic nitrogens is 1. The van der Waals surface area contributed by atoms with Gasteiger partial charge in [-0.15, -0.1) is 0 Å². The van der Waals surface area contributed by atoms with Gasteiger partial charge in [0.2, 0.25) is 0 Å². The summed E-state index contributed by atoms with van der Waals surface area (Å²) in [5, 5.41) is 3.58. The Bertz CT molecular complexity index is 217. The summed E-state index contributed by atoms with van der Waals surface area (Å²) in [6.45, 7) is 1.84. The van der Waals surface area contributed by atoms with Crippen LogP contribution in [-0.2, 0) is 11.2 Å². The highest BCUT2D eigenvalue weighted by Gasteiger charge is 2.00. The van der Waals surface area contributed by atoms with Crippen LogP contribution in [0.25, 0.3) is 0 Å². The largest absolute Gasteiger partial charge is 0.361 e. The Hall–Kier alpha value is -1.12. The van der Waals surface area contributed by atoms with E-state index in [1.54, 1.807) is 6.20 Å². The number of aryl methyl sites for hydroxylation is 2. The smallest absolute Gasteiger partial charge is 0.136 e. The van der Waals surface area contributed by atoms with E-state index in [2.05, 4.69) is 5.16 Å². The molecule has 0 aromatic carbocycles. The zero-order valence-electron chi connectivity index (χ0n) is 5.83. The number of rotatable bonds is 3. The van der Waals surface area contributed by atoms with Crippen LogP contribution in [0.5, 0.6) is 0 Å². The van der Waals surface area contributed by atoms with Gasteiger partial charge in [-0.25, -0.2) is 0 Å². The summed E-state index contributed by atoms with van der Waals surface area (Å²) in [6, 6.07) is 0. The molecule has 54 valence electrons. The Morgan fingerprint density at radius 3 is 3.10 bits per heavy atom. The molecule has 0 bridgehead atoms. The first-order valence-corrected chi connectivity index (χ1v) is 3.18. The van der Waals surface area contributed by atoms with E-state index in [1.165, 1.54) is 0 Å². The number of aldehydes is 1. The molecule has 0 aliphatic rings. The lowest BCUT2D eigenvalue weighted by atomic mass is 10.2. The van der Waals surface area contributed by atoms with Gasteiger partial charge >= 0.3 is 0 Å². The van der Waals surface area contributed by atoms with Crippen molar-refractivity contribution < 1.29 is 9.32 Å². The molecule has 0 aliphatic heterocycles. The highest BCUT2D eigenvalue weighted by molar-refractivity contribution is 5.50. The van der Waals surface area contributed by atoms with Gasteiger partial charge in [0.15, 0.2) is 0 Å². The quantitative estimate of drug-likeness (QED) is 0.589. The summed E-state index contributed by atoms with van der Waals surface area (Å²) in [6.07, 6.45) is 3.83. The van der Waals surface area contributed by atoms with Crippen molar-refractivity contribution >= 4 is 6.29 Å². The van der Waals surface area contributed by atoms with Crippen molar-refractivity contribution in [3.05, 3.63) is 17.5 Å². The van der Waals surface area contributed by atoms with Crippen LogP contribution in [0.3, 0.4) is 0 Å². The van der Waals surface area contributed by atoms with Crippen LogP contribution < -0.4 is 0 Å². The van der Waals surface area contributed by atoms with E-state index in [-0.39, 0.29) is 0 Å². The molecular formula is C7H9NO2. The van der Waals surface area contributed by atoms with E-state index in [4.69, 9.17) is 4.52 Å².